The van der Waals surface area contributed by atoms with Crippen LogP contribution < -0.4 is 60.2 Å². The van der Waals surface area contributed by atoms with Gasteiger partial charge in [-0.25, -0.2) is 4.79 Å². The smallest absolute Gasteiger partial charge is 0.326 e. The molecule has 81 heavy (non-hydrogen) atoms. The number of benzene rings is 4. The molecule has 0 fully saturated rings. The molecule has 0 saturated carbocycles. The van der Waals surface area contributed by atoms with E-state index < -0.39 is 102 Å². The Hall–Kier alpha value is -8.32. The van der Waals surface area contributed by atoms with Gasteiger partial charge in [0, 0.05) is 48.7 Å². The van der Waals surface area contributed by atoms with Crippen molar-refractivity contribution in [1.29, 1.82) is 0 Å². The Kier molecular flexibility index (Phi) is 25.6. The summed E-state index contributed by atoms with van der Waals surface area (Å²) in [5, 5.41) is 40.1. The lowest BCUT2D eigenvalue weighted by Crippen LogP contribution is -2.61. The lowest BCUT2D eigenvalue weighted by Gasteiger charge is -2.28. The number of H-pyrrole nitrogens is 1. The number of carboxylic acid groups (broad SMARTS) is 1. The number of aromatic amines is 1. The fraction of sp³-hybridized carbons (Fsp3) is 0.386. The van der Waals surface area contributed by atoms with Crippen molar-refractivity contribution in [1.82, 2.24) is 42.2 Å². The predicted octanol–water partition coefficient (Wildman–Crippen LogP) is -0.263. The van der Waals surface area contributed by atoms with Crippen molar-refractivity contribution in [2.45, 2.75) is 119 Å². The SMILES string of the molecule is C[C@@H](O)[C@H](NC(=O)[C@H](CCCCN)NC(=O)[C@@H](Cc1c[nH]c2ccccc12)NC(=O)[C@H](Cc1ccccc1)NC(=O)[C@H](CCCN=C(N)N)NC(=O)[C@H](CS)NC(=O)[C@H](N)Cc1ccccc1)C(=O)N[C@@H](Cc1ccccc1)C(=O)O. The standard InChI is InChI=1S/C57H75N13O10S/c1-34(71)48(55(78)68-46(56(79)80)30-37-20-9-4-10-21-37)70-51(74)42(24-13-14-26-58)64-53(76)45(31-38-32-63-41-23-12-11-22-39(38)41)67-52(75)44(29-36-18-7-3-8-19-36)66-50(73)43(25-15-27-62-57(60)61)65-54(77)47(33-81)69-49(72)40(59)28-35-16-5-2-6-17-35/h2-12,16-23,32,34,40,42-48,63,71,81H,13-15,24-31,33,58-59H2,1H3,(H,64,76)(H,65,77)(H,66,73)(H,67,75)(H,68,78)(H,69,72)(H,70,74)(H,79,80)(H4,60,61,62)/t34-,40-,42+,43+,44+,45-,46+,47+,48+/m1/s1. The van der Waals surface area contributed by atoms with E-state index >= 15 is 0 Å². The zero-order valence-corrected chi connectivity index (χ0v) is 46.0. The van der Waals surface area contributed by atoms with Gasteiger partial charge in [-0.3, -0.25) is 38.6 Å². The summed E-state index contributed by atoms with van der Waals surface area (Å²) in [6.45, 7) is 1.55. The predicted molar refractivity (Wildman–Crippen MR) is 310 cm³/mol. The van der Waals surface area contributed by atoms with E-state index in [4.69, 9.17) is 22.9 Å². The highest BCUT2D eigenvalue weighted by molar-refractivity contribution is 7.80. The van der Waals surface area contributed by atoms with Crippen LogP contribution in [0.3, 0.4) is 0 Å². The van der Waals surface area contributed by atoms with Crippen LogP contribution in [0.5, 0.6) is 0 Å². The van der Waals surface area contributed by atoms with Crippen LogP contribution in [0.4, 0.5) is 0 Å². The van der Waals surface area contributed by atoms with Gasteiger partial charge in [-0.1, -0.05) is 109 Å². The second-order valence-electron chi connectivity index (χ2n) is 19.6. The third-order valence-electron chi connectivity index (χ3n) is 13.2. The quantitative estimate of drug-likeness (QED) is 0.0111. The molecule has 434 valence electrons. The molecule has 0 aliphatic carbocycles. The number of amides is 7. The summed E-state index contributed by atoms with van der Waals surface area (Å²) in [4.78, 5) is 119. The van der Waals surface area contributed by atoms with Crippen LogP contribution >= 0.6 is 12.6 Å². The number of carbonyl (C=O) groups is 8. The average molecular weight is 1130 g/mol. The molecule has 18 N–H and O–H groups in total. The topological polar surface area (TPSA) is 393 Å². The number of aromatic nitrogens is 1. The Morgan fingerprint density at radius 2 is 0.988 bits per heavy atom. The number of aliphatic imine (C=N–C) groups is 1. The van der Waals surface area contributed by atoms with Gasteiger partial charge in [0.15, 0.2) is 5.96 Å². The van der Waals surface area contributed by atoms with E-state index in [1.54, 1.807) is 85.1 Å². The molecule has 0 aliphatic rings. The molecule has 0 radical (unpaired) electrons. The van der Waals surface area contributed by atoms with Gasteiger partial charge >= 0.3 is 5.97 Å². The van der Waals surface area contributed by atoms with Crippen molar-refractivity contribution in [3.05, 3.63) is 144 Å². The summed E-state index contributed by atoms with van der Waals surface area (Å²) in [7, 11) is 0. The second kappa shape index (κ2) is 32.7. The van der Waals surface area contributed by atoms with E-state index in [9.17, 15) is 48.6 Å². The fourth-order valence-corrected chi connectivity index (χ4v) is 9.07. The van der Waals surface area contributed by atoms with Crippen molar-refractivity contribution in [3.8, 4) is 0 Å². The third-order valence-corrected chi connectivity index (χ3v) is 13.6. The first kappa shape index (κ1) is 63.5. The number of thiol groups is 1. The number of carbonyl (C=O) groups excluding carboxylic acids is 7. The minimum Gasteiger partial charge on any atom is -0.480 e. The van der Waals surface area contributed by atoms with Crippen LogP contribution in [0.2, 0.25) is 0 Å². The monoisotopic (exact) mass is 1130 g/mol. The summed E-state index contributed by atoms with van der Waals surface area (Å²) < 4.78 is 0. The molecule has 0 unspecified atom stereocenters. The Labute approximate surface area is 475 Å². The molecule has 1 heterocycles. The maximum absolute atomic E-state index is 14.9. The zero-order valence-electron chi connectivity index (χ0n) is 45.1. The molecule has 5 rings (SSSR count). The van der Waals surface area contributed by atoms with Gasteiger partial charge in [0.25, 0.3) is 0 Å². The summed E-state index contributed by atoms with van der Waals surface area (Å²) in [5.74, 6) is -7.50. The molecule has 4 aromatic carbocycles. The Bertz CT molecular complexity index is 2890. The highest BCUT2D eigenvalue weighted by atomic mass is 32.1. The first-order valence-corrected chi connectivity index (χ1v) is 27.3. The number of hydrogen-bond acceptors (Lipinski definition) is 13. The number of nitrogens with zero attached hydrogens (tertiary/aromatic N) is 1. The lowest BCUT2D eigenvalue weighted by molar-refractivity contribution is -0.143. The van der Waals surface area contributed by atoms with Gasteiger partial charge in [0.1, 0.15) is 42.3 Å². The van der Waals surface area contributed by atoms with Crippen molar-refractivity contribution in [2.75, 3.05) is 18.8 Å². The number of aliphatic hydroxyl groups excluding tert-OH is 1. The lowest BCUT2D eigenvalue weighted by atomic mass is 10.0. The van der Waals surface area contributed by atoms with Gasteiger partial charge in [0.2, 0.25) is 41.4 Å². The van der Waals surface area contributed by atoms with Crippen molar-refractivity contribution in [3.63, 3.8) is 0 Å². The number of fused-ring (bicyclic) bond motifs is 1. The number of aliphatic carboxylic acids is 1. The van der Waals surface area contributed by atoms with Gasteiger partial charge in [-0.15, -0.1) is 0 Å². The molecular weight excluding hydrogens is 1060 g/mol. The van der Waals surface area contributed by atoms with E-state index in [2.05, 4.69) is 59.8 Å². The largest absolute Gasteiger partial charge is 0.480 e. The number of nitrogens with one attached hydrogen (secondary N) is 8. The molecule has 0 aliphatic heterocycles. The van der Waals surface area contributed by atoms with Gasteiger partial charge in [0.05, 0.1) is 12.1 Å². The van der Waals surface area contributed by atoms with E-state index in [0.717, 1.165) is 16.5 Å². The van der Waals surface area contributed by atoms with Crippen LogP contribution in [-0.4, -0.2) is 142 Å². The van der Waals surface area contributed by atoms with Crippen molar-refractivity contribution < 1.29 is 48.6 Å². The molecule has 0 spiro atoms. The van der Waals surface area contributed by atoms with Gasteiger partial charge < -0.3 is 75.3 Å². The number of rotatable bonds is 33. The first-order valence-electron chi connectivity index (χ1n) is 26.7. The molecule has 7 amide bonds. The van der Waals surface area contributed by atoms with E-state index in [1.807, 2.05) is 36.4 Å². The highest BCUT2D eigenvalue weighted by Crippen LogP contribution is 2.20. The molecule has 23 nitrogen and oxygen atoms in total. The van der Waals surface area contributed by atoms with Crippen LogP contribution in [-0.2, 0) is 64.0 Å². The summed E-state index contributed by atoms with van der Waals surface area (Å²) in [5.41, 5.74) is 26.5. The second-order valence-corrected chi connectivity index (χ2v) is 20.0. The molecule has 5 aromatic rings. The molecule has 24 heteroatoms. The minimum absolute atomic E-state index is 0.0103. The van der Waals surface area contributed by atoms with Crippen LogP contribution in [0.1, 0.15) is 61.3 Å². The van der Waals surface area contributed by atoms with E-state index in [-0.39, 0.29) is 69.7 Å². The number of aliphatic hydroxyl groups is 1. The Morgan fingerprint density at radius 1 is 0.543 bits per heavy atom. The van der Waals surface area contributed by atoms with Crippen LogP contribution in [0.25, 0.3) is 10.9 Å². The van der Waals surface area contributed by atoms with Gasteiger partial charge in [-0.2, -0.15) is 12.6 Å². The molecule has 1 aromatic heterocycles. The fourth-order valence-electron chi connectivity index (χ4n) is 8.82. The van der Waals surface area contributed by atoms with Gasteiger partial charge in [-0.05, 0) is 80.3 Å². The van der Waals surface area contributed by atoms with E-state index in [1.165, 1.54) is 6.92 Å². The molecule has 0 saturated heterocycles. The highest BCUT2D eigenvalue weighted by Gasteiger charge is 2.36. The molecule has 9 atom stereocenters. The Morgan fingerprint density at radius 3 is 1.52 bits per heavy atom. The zero-order chi connectivity index (χ0) is 58.8. The maximum atomic E-state index is 14.9. The summed E-state index contributed by atoms with van der Waals surface area (Å²) >= 11 is 4.31. The number of para-hydroxylation sites is 1. The molecule has 0 bridgehead atoms. The van der Waals surface area contributed by atoms with Crippen LogP contribution in [0.15, 0.2) is 126 Å². The number of hydrogen-bond donors (Lipinski definition) is 15. The number of unbranched alkanes of at least 4 members (excludes halogenated alkanes) is 1. The number of nitrogens with two attached hydrogens (primary N) is 4. The van der Waals surface area contributed by atoms with Crippen molar-refractivity contribution in [2.24, 2.45) is 27.9 Å². The van der Waals surface area contributed by atoms with Crippen LogP contribution in [0, 0.1) is 0 Å². The van der Waals surface area contributed by atoms with E-state index in [0.29, 0.717) is 29.5 Å². The minimum atomic E-state index is -1.67. The Balaban J connectivity index is 1.42. The number of carboxylic acids is 1. The summed E-state index contributed by atoms with van der Waals surface area (Å²) in [6.07, 6.45) is 0.851. The third kappa shape index (κ3) is 20.7. The first-order chi connectivity index (χ1) is 38.9. The maximum Gasteiger partial charge on any atom is 0.326 e. The number of guanidine groups is 1. The average Bonchev–Trinajstić information content (AvgIpc) is 3.90. The normalized spacial score (nSPS) is 14.4. The summed E-state index contributed by atoms with van der Waals surface area (Å²) in [6, 6.07) is 22.6. The molecular formula is C57H75N13O10S. The van der Waals surface area contributed by atoms with Crippen molar-refractivity contribution >= 4 is 76.8 Å².